The van der Waals surface area contributed by atoms with E-state index in [1.54, 1.807) is 0 Å². The van der Waals surface area contributed by atoms with Gasteiger partial charge in [0, 0.05) is 31.2 Å². The number of aryl methyl sites for hydroxylation is 1. The fourth-order valence-electron chi connectivity index (χ4n) is 3.44. The van der Waals surface area contributed by atoms with Crippen LogP contribution in [0.3, 0.4) is 0 Å². The SMILES string of the molecule is C=C(N1CCN(C(c2ccc(C)cc2)c2ccc(Cl)cc2)CC1)C(F)(F)F. The lowest BCUT2D eigenvalue weighted by molar-refractivity contribution is -0.114. The van der Waals surface area contributed by atoms with E-state index in [0.717, 1.165) is 11.1 Å². The smallest absolute Gasteiger partial charge is 0.365 e. The van der Waals surface area contributed by atoms with Crippen molar-refractivity contribution in [3.63, 3.8) is 0 Å². The fraction of sp³-hybridized carbons (Fsp3) is 0.333. The van der Waals surface area contributed by atoms with Crippen molar-refractivity contribution in [2.24, 2.45) is 0 Å². The lowest BCUT2D eigenvalue weighted by atomic mass is 9.95. The van der Waals surface area contributed by atoms with Gasteiger partial charge in [-0.1, -0.05) is 60.1 Å². The highest BCUT2D eigenvalue weighted by atomic mass is 35.5. The molecule has 0 radical (unpaired) electrons. The van der Waals surface area contributed by atoms with Gasteiger partial charge in [0.1, 0.15) is 5.70 Å². The van der Waals surface area contributed by atoms with Gasteiger partial charge in [0.2, 0.25) is 0 Å². The number of hydrogen-bond acceptors (Lipinski definition) is 2. The van der Waals surface area contributed by atoms with E-state index >= 15 is 0 Å². The Morgan fingerprint density at radius 2 is 1.41 bits per heavy atom. The van der Waals surface area contributed by atoms with Crippen LogP contribution in [0.5, 0.6) is 0 Å². The zero-order valence-electron chi connectivity index (χ0n) is 15.1. The Morgan fingerprint density at radius 3 is 1.89 bits per heavy atom. The van der Waals surface area contributed by atoms with E-state index in [1.807, 2.05) is 31.2 Å². The first-order valence-electron chi connectivity index (χ1n) is 8.83. The molecule has 144 valence electrons. The van der Waals surface area contributed by atoms with Gasteiger partial charge < -0.3 is 4.90 Å². The summed E-state index contributed by atoms with van der Waals surface area (Å²) in [7, 11) is 0. The number of halogens is 4. The minimum Gasteiger partial charge on any atom is -0.365 e. The predicted octanol–water partition coefficient (Wildman–Crippen LogP) is 5.43. The Hall–Kier alpha value is -1.98. The lowest BCUT2D eigenvalue weighted by Gasteiger charge is -2.41. The maximum atomic E-state index is 12.9. The minimum atomic E-state index is -4.38. The summed E-state index contributed by atoms with van der Waals surface area (Å²) in [6, 6.07) is 15.9. The molecule has 0 saturated carbocycles. The fourth-order valence-corrected chi connectivity index (χ4v) is 3.56. The summed E-state index contributed by atoms with van der Waals surface area (Å²) < 4.78 is 38.8. The van der Waals surface area contributed by atoms with Crippen molar-refractivity contribution in [3.8, 4) is 0 Å². The second-order valence-electron chi connectivity index (χ2n) is 6.83. The predicted molar refractivity (Wildman–Crippen MR) is 103 cm³/mol. The Bertz CT molecular complexity index is 731. The summed E-state index contributed by atoms with van der Waals surface area (Å²) in [4.78, 5) is 3.54. The van der Waals surface area contributed by atoms with E-state index in [-0.39, 0.29) is 6.04 Å². The van der Waals surface area contributed by atoms with E-state index < -0.39 is 11.9 Å². The zero-order chi connectivity index (χ0) is 19.6. The monoisotopic (exact) mass is 394 g/mol. The Labute approximate surface area is 162 Å². The summed E-state index contributed by atoms with van der Waals surface area (Å²) in [5.74, 6) is 0. The van der Waals surface area contributed by atoms with Crippen molar-refractivity contribution in [1.29, 1.82) is 0 Å². The first-order valence-corrected chi connectivity index (χ1v) is 9.20. The molecule has 6 heteroatoms. The molecule has 0 aliphatic carbocycles. The van der Waals surface area contributed by atoms with Gasteiger partial charge in [0.25, 0.3) is 0 Å². The van der Waals surface area contributed by atoms with Crippen LogP contribution in [0.1, 0.15) is 22.7 Å². The number of benzene rings is 2. The van der Waals surface area contributed by atoms with Crippen LogP contribution in [0.2, 0.25) is 5.02 Å². The van der Waals surface area contributed by atoms with E-state index in [1.165, 1.54) is 10.5 Å². The average molecular weight is 395 g/mol. The van der Waals surface area contributed by atoms with Gasteiger partial charge in [0.05, 0.1) is 6.04 Å². The quantitative estimate of drug-likeness (QED) is 0.682. The lowest BCUT2D eigenvalue weighted by Crippen LogP contribution is -2.49. The first kappa shape index (κ1) is 19.8. The highest BCUT2D eigenvalue weighted by Crippen LogP contribution is 2.33. The molecule has 0 aromatic heterocycles. The summed E-state index contributed by atoms with van der Waals surface area (Å²) in [5, 5.41) is 0.660. The Balaban J connectivity index is 1.83. The highest BCUT2D eigenvalue weighted by molar-refractivity contribution is 6.30. The third kappa shape index (κ3) is 4.66. The Morgan fingerprint density at radius 1 is 0.926 bits per heavy atom. The van der Waals surface area contributed by atoms with Crippen molar-refractivity contribution in [1.82, 2.24) is 9.80 Å². The number of piperazine rings is 1. The molecule has 2 aromatic carbocycles. The van der Waals surface area contributed by atoms with Gasteiger partial charge >= 0.3 is 6.18 Å². The van der Waals surface area contributed by atoms with Crippen LogP contribution in [0.25, 0.3) is 0 Å². The second-order valence-corrected chi connectivity index (χ2v) is 7.27. The zero-order valence-corrected chi connectivity index (χ0v) is 15.9. The van der Waals surface area contributed by atoms with Crippen molar-refractivity contribution >= 4 is 11.6 Å². The van der Waals surface area contributed by atoms with E-state index in [4.69, 9.17) is 11.6 Å². The molecule has 0 amide bonds. The largest absolute Gasteiger partial charge is 0.430 e. The molecule has 2 nitrogen and oxygen atoms in total. The molecule has 1 atom stereocenters. The second kappa shape index (κ2) is 7.95. The van der Waals surface area contributed by atoms with E-state index in [9.17, 15) is 13.2 Å². The number of hydrogen-bond donors (Lipinski definition) is 0. The first-order chi connectivity index (χ1) is 12.8. The summed E-state index contributed by atoms with van der Waals surface area (Å²) >= 11 is 6.03. The number of rotatable bonds is 4. The number of allylic oxidation sites excluding steroid dienone is 1. The summed E-state index contributed by atoms with van der Waals surface area (Å²) in [6.45, 7) is 6.90. The molecule has 1 saturated heterocycles. The molecule has 0 spiro atoms. The standard InChI is InChI=1S/C21H22ClF3N2/c1-15-3-5-17(6-4-15)20(18-7-9-19(22)10-8-18)27-13-11-26(12-14-27)16(2)21(23,24)25/h3-10,20H,2,11-14H2,1H3. The Kier molecular flexibility index (Phi) is 5.82. The molecule has 27 heavy (non-hydrogen) atoms. The molecular weight excluding hydrogens is 373 g/mol. The third-order valence-corrected chi connectivity index (χ3v) is 5.22. The molecular formula is C21H22ClF3N2. The molecule has 0 bridgehead atoms. The van der Waals surface area contributed by atoms with Crippen LogP contribution in [-0.2, 0) is 0 Å². The van der Waals surface area contributed by atoms with Gasteiger partial charge in [-0.3, -0.25) is 4.90 Å². The maximum Gasteiger partial charge on any atom is 0.430 e. The van der Waals surface area contributed by atoms with Crippen LogP contribution in [-0.4, -0.2) is 42.2 Å². The number of nitrogens with zero attached hydrogens (tertiary/aromatic N) is 2. The van der Waals surface area contributed by atoms with E-state index in [0.29, 0.717) is 31.2 Å². The molecule has 1 aliphatic heterocycles. The normalized spacial score (nSPS) is 17.0. The van der Waals surface area contributed by atoms with Gasteiger partial charge in [-0.25, -0.2) is 0 Å². The van der Waals surface area contributed by atoms with Gasteiger partial charge in [-0.05, 0) is 30.2 Å². The van der Waals surface area contributed by atoms with Crippen LogP contribution in [0.15, 0.2) is 60.8 Å². The molecule has 3 rings (SSSR count). The molecule has 1 unspecified atom stereocenters. The van der Waals surface area contributed by atoms with Gasteiger partial charge in [-0.2, -0.15) is 13.2 Å². The van der Waals surface area contributed by atoms with Crippen LogP contribution in [0, 0.1) is 6.92 Å². The van der Waals surface area contributed by atoms with Crippen molar-refractivity contribution < 1.29 is 13.2 Å². The van der Waals surface area contributed by atoms with Crippen molar-refractivity contribution in [3.05, 3.63) is 82.5 Å². The topological polar surface area (TPSA) is 6.48 Å². The third-order valence-electron chi connectivity index (χ3n) is 4.97. The van der Waals surface area contributed by atoms with Crippen LogP contribution >= 0.6 is 11.6 Å². The van der Waals surface area contributed by atoms with E-state index in [2.05, 4.69) is 35.7 Å². The van der Waals surface area contributed by atoms with Gasteiger partial charge in [0.15, 0.2) is 0 Å². The molecule has 0 N–H and O–H groups in total. The summed E-state index contributed by atoms with van der Waals surface area (Å²) in [6.07, 6.45) is -4.38. The summed E-state index contributed by atoms with van der Waals surface area (Å²) in [5.41, 5.74) is 2.60. The highest BCUT2D eigenvalue weighted by Gasteiger charge is 2.37. The van der Waals surface area contributed by atoms with Gasteiger partial charge in [-0.15, -0.1) is 0 Å². The average Bonchev–Trinajstić information content (AvgIpc) is 2.64. The molecule has 1 fully saturated rings. The molecule has 2 aromatic rings. The minimum absolute atomic E-state index is 0.0239. The van der Waals surface area contributed by atoms with Crippen LogP contribution in [0.4, 0.5) is 13.2 Å². The van der Waals surface area contributed by atoms with Crippen LogP contribution < -0.4 is 0 Å². The molecule has 1 heterocycles. The maximum absolute atomic E-state index is 12.9. The number of alkyl halides is 3. The van der Waals surface area contributed by atoms with Crippen molar-refractivity contribution in [2.75, 3.05) is 26.2 Å². The van der Waals surface area contributed by atoms with Crippen molar-refractivity contribution in [2.45, 2.75) is 19.1 Å². The molecule has 1 aliphatic rings.